The van der Waals surface area contributed by atoms with Crippen molar-refractivity contribution in [1.82, 2.24) is 20.4 Å². The summed E-state index contributed by atoms with van der Waals surface area (Å²) in [5.74, 6) is 0.908. The van der Waals surface area contributed by atoms with Crippen LogP contribution in [0.25, 0.3) is 0 Å². The Morgan fingerprint density at radius 1 is 1.08 bits per heavy atom. The van der Waals surface area contributed by atoms with Crippen LogP contribution in [0.5, 0.6) is 0 Å². The van der Waals surface area contributed by atoms with Crippen molar-refractivity contribution in [3.63, 3.8) is 0 Å². The number of rotatable bonds is 6. The molecule has 2 fully saturated rings. The monoisotopic (exact) mass is 465 g/mol. The average molecular weight is 465 g/mol. The summed E-state index contributed by atoms with van der Waals surface area (Å²) in [6, 6.07) is 0.733. The van der Waals surface area contributed by atoms with Gasteiger partial charge in [0.15, 0.2) is 5.96 Å². The molecule has 146 valence electrons. The molecular formula is C18H36IN5O. The van der Waals surface area contributed by atoms with Crippen LogP contribution in [0, 0.1) is 0 Å². The first-order chi connectivity index (χ1) is 11.7. The molecule has 0 bridgehead atoms. The van der Waals surface area contributed by atoms with Crippen LogP contribution in [0.1, 0.15) is 51.9 Å². The van der Waals surface area contributed by atoms with Gasteiger partial charge in [0.05, 0.1) is 6.54 Å². The molecule has 0 aliphatic carbocycles. The third-order valence-corrected chi connectivity index (χ3v) is 5.25. The normalized spacial score (nSPS) is 22.2. The fraction of sp³-hybridized carbons (Fsp3) is 0.889. The molecule has 2 aliphatic heterocycles. The van der Waals surface area contributed by atoms with E-state index in [1.165, 1.54) is 38.6 Å². The minimum absolute atomic E-state index is 0. The van der Waals surface area contributed by atoms with Crippen molar-refractivity contribution in [3.05, 3.63) is 0 Å². The molecule has 0 radical (unpaired) electrons. The van der Waals surface area contributed by atoms with Gasteiger partial charge in [0, 0.05) is 39.3 Å². The van der Waals surface area contributed by atoms with Gasteiger partial charge < -0.3 is 15.5 Å². The van der Waals surface area contributed by atoms with Crippen molar-refractivity contribution in [2.45, 2.75) is 57.9 Å². The number of hydrogen-bond acceptors (Lipinski definition) is 3. The molecule has 0 aromatic heterocycles. The largest absolute Gasteiger partial charge is 0.355 e. The third kappa shape index (κ3) is 7.68. The van der Waals surface area contributed by atoms with Crippen LogP contribution in [-0.4, -0.2) is 74.0 Å². The molecule has 2 heterocycles. The first-order valence-corrected chi connectivity index (χ1v) is 9.71. The molecule has 0 spiro atoms. The predicted octanol–water partition coefficient (Wildman–Crippen LogP) is 2.05. The molecule has 0 aromatic rings. The zero-order chi connectivity index (χ0) is 17.2. The minimum Gasteiger partial charge on any atom is -0.355 e. The number of piperidine rings is 2. The summed E-state index contributed by atoms with van der Waals surface area (Å²) in [6.07, 6.45) is 8.75. The van der Waals surface area contributed by atoms with Crippen molar-refractivity contribution in [2.24, 2.45) is 4.99 Å². The first-order valence-electron chi connectivity index (χ1n) is 9.71. The highest BCUT2D eigenvalue weighted by atomic mass is 127. The zero-order valence-corrected chi connectivity index (χ0v) is 18.3. The van der Waals surface area contributed by atoms with E-state index in [1.807, 2.05) is 4.90 Å². The van der Waals surface area contributed by atoms with E-state index in [2.05, 4.69) is 27.4 Å². The van der Waals surface area contributed by atoms with Crippen LogP contribution >= 0.6 is 24.0 Å². The summed E-state index contributed by atoms with van der Waals surface area (Å²) in [5.41, 5.74) is 0. The van der Waals surface area contributed by atoms with Crippen LogP contribution in [0.2, 0.25) is 0 Å². The summed E-state index contributed by atoms with van der Waals surface area (Å²) in [5, 5.41) is 6.50. The number of hydrogen-bond donors (Lipinski definition) is 2. The Hall–Kier alpha value is -0.570. The second-order valence-electron chi connectivity index (χ2n) is 6.89. The van der Waals surface area contributed by atoms with Crippen LogP contribution in [-0.2, 0) is 4.79 Å². The Balaban J connectivity index is 0.00000312. The van der Waals surface area contributed by atoms with Gasteiger partial charge in [-0.2, -0.15) is 0 Å². The number of aliphatic imine (C=N–C) groups is 1. The van der Waals surface area contributed by atoms with E-state index < -0.39 is 0 Å². The number of halogens is 1. The van der Waals surface area contributed by atoms with Crippen molar-refractivity contribution in [3.8, 4) is 0 Å². The summed E-state index contributed by atoms with van der Waals surface area (Å²) in [7, 11) is 1.76. The number of nitrogens with zero attached hydrogens (tertiary/aromatic N) is 3. The molecule has 25 heavy (non-hydrogen) atoms. The van der Waals surface area contributed by atoms with Gasteiger partial charge in [-0.1, -0.05) is 13.3 Å². The van der Waals surface area contributed by atoms with Gasteiger partial charge >= 0.3 is 0 Å². The lowest BCUT2D eigenvalue weighted by molar-refractivity contribution is -0.130. The quantitative estimate of drug-likeness (QED) is 0.358. The van der Waals surface area contributed by atoms with E-state index in [1.54, 1.807) is 7.05 Å². The minimum atomic E-state index is 0. The highest BCUT2D eigenvalue weighted by molar-refractivity contribution is 14.0. The molecule has 6 nitrogen and oxygen atoms in total. The second-order valence-corrected chi connectivity index (χ2v) is 6.89. The van der Waals surface area contributed by atoms with Crippen LogP contribution in [0.4, 0.5) is 0 Å². The summed E-state index contributed by atoms with van der Waals surface area (Å²) in [4.78, 5) is 21.0. The van der Waals surface area contributed by atoms with E-state index in [9.17, 15) is 4.79 Å². The summed E-state index contributed by atoms with van der Waals surface area (Å²) < 4.78 is 0. The standard InChI is InChI=1S/C18H35N5O.HI/c1-3-16-9-5-8-11-22(16)14-10-20-18(19-2)21-15-17(24)23-12-6-4-7-13-23;/h16H,3-15H2,1-2H3,(H2,19,20,21);1H. The Morgan fingerprint density at radius 2 is 1.80 bits per heavy atom. The molecular weight excluding hydrogens is 429 g/mol. The Morgan fingerprint density at radius 3 is 2.48 bits per heavy atom. The lowest BCUT2D eigenvalue weighted by Crippen LogP contribution is -2.48. The summed E-state index contributed by atoms with van der Waals surface area (Å²) >= 11 is 0. The van der Waals surface area contributed by atoms with Gasteiger partial charge in [-0.05, 0) is 45.1 Å². The molecule has 0 aromatic carbocycles. The maximum atomic E-state index is 12.2. The highest BCUT2D eigenvalue weighted by Gasteiger charge is 2.20. The zero-order valence-electron chi connectivity index (χ0n) is 15.9. The fourth-order valence-electron chi connectivity index (χ4n) is 3.77. The number of carbonyl (C=O) groups excluding carboxylic acids is 1. The fourth-order valence-corrected chi connectivity index (χ4v) is 3.77. The number of likely N-dealkylation sites (tertiary alicyclic amines) is 2. The lowest BCUT2D eigenvalue weighted by Gasteiger charge is -2.35. The van der Waals surface area contributed by atoms with E-state index in [-0.39, 0.29) is 29.9 Å². The van der Waals surface area contributed by atoms with Gasteiger partial charge in [-0.25, -0.2) is 0 Å². The van der Waals surface area contributed by atoms with Crippen molar-refractivity contribution in [2.75, 3.05) is 46.3 Å². The van der Waals surface area contributed by atoms with Crippen molar-refractivity contribution in [1.29, 1.82) is 0 Å². The van der Waals surface area contributed by atoms with Gasteiger partial charge in [-0.3, -0.25) is 14.7 Å². The number of nitrogens with one attached hydrogen (secondary N) is 2. The molecule has 2 aliphatic rings. The molecule has 7 heteroatoms. The molecule has 1 amide bonds. The van der Waals surface area contributed by atoms with Crippen molar-refractivity contribution < 1.29 is 4.79 Å². The van der Waals surface area contributed by atoms with E-state index in [0.717, 1.165) is 51.0 Å². The van der Waals surface area contributed by atoms with E-state index in [0.29, 0.717) is 6.54 Å². The number of carbonyl (C=O) groups is 1. The van der Waals surface area contributed by atoms with E-state index >= 15 is 0 Å². The number of guanidine groups is 1. The smallest absolute Gasteiger partial charge is 0.241 e. The van der Waals surface area contributed by atoms with Gasteiger partial charge in [0.2, 0.25) is 5.91 Å². The van der Waals surface area contributed by atoms with Gasteiger partial charge in [-0.15, -0.1) is 24.0 Å². The first kappa shape index (κ1) is 22.5. The van der Waals surface area contributed by atoms with Gasteiger partial charge in [0.1, 0.15) is 0 Å². The molecule has 2 saturated heterocycles. The molecule has 1 unspecified atom stereocenters. The van der Waals surface area contributed by atoms with E-state index in [4.69, 9.17) is 0 Å². The van der Waals surface area contributed by atoms with Crippen molar-refractivity contribution >= 4 is 35.8 Å². The second kappa shape index (κ2) is 12.7. The molecule has 0 saturated carbocycles. The predicted molar refractivity (Wildman–Crippen MR) is 115 cm³/mol. The van der Waals surface area contributed by atoms with Crippen LogP contribution in [0.15, 0.2) is 4.99 Å². The Bertz CT molecular complexity index is 412. The average Bonchev–Trinajstić information content (AvgIpc) is 2.65. The molecule has 2 rings (SSSR count). The SMILES string of the molecule is CCC1CCCCN1CCNC(=NC)NCC(=O)N1CCCCC1.I. The number of amides is 1. The highest BCUT2D eigenvalue weighted by Crippen LogP contribution is 2.18. The maximum Gasteiger partial charge on any atom is 0.241 e. The van der Waals surface area contributed by atoms with Crippen LogP contribution in [0.3, 0.4) is 0 Å². The Labute approximate surface area is 170 Å². The third-order valence-electron chi connectivity index (χ3n) is 5.25. The lowest BCUT2D eigenvalue weighted by atomic mass is 10.0. The Kier molecular flexibility index (Phi) is 11.4. The van der Waals surface area contributed by atoms with Gasteiger partial charge in [0.25, 0.3) is 0 Å². The van der Waals surface area contributed by atoms with Crippen LogP contribution < -0.4 is 10.6 Å². The molecule has 2 N–H and O–H groups in total. The topological polar surface area (TPSA) is 60.0 Å². The molecule has 1 atom stereocenters. The maximum absolute atomic E-state index is 12.2. The summed E-state index contributed by atoms with van der Waals surface area (Å²) in [6.45, 7) is 7.54.